The monoisotopic (exact) mass is 129 g/mol. The van der Waals surface area contributed by atoms with Crippen LogP contribution in [0.15, 0.2) is 0 Å². The summed E-state index contributed by atoms with van der Waals surface area (Å²) in [6, 6.07) is 1.75. The minimum absolute atomic E-state index is 0.292. The molecule has 3 nitrogen and oxygen atoms in total. The van der Waals surface area contributed by atoms with Crippen molar-refractivity contribution >= 4 is 5.97 Å². The van der Waals surface area contributed by atoms with Gasteiger partial charge in [-0.15, -0.1) is 0 Å². The number of carbonyl (C=O) groups is 1. The van der Waals surface area contributed by atoms with Crippen molar-refractivity contribution in [3.63, 3.8) is 0 Å². The van der Waals surface area contributed by atoms with Gasteiger partial charge in [-0.2, -0.15) is 5.26 Å². The number of nitriles is 1. The number of carboxylic acid groups (broad SMARTS) is 1. The van der Waals surface area contributed by atoms with Crippen molar-refractivity contribution in [3.8, 4) is 6.07 Å². The number of hydrogen-bond donors (Lipinski definition) is 1. The van der Waals surface area contributed by atoms with E-state index < -0.39 is 5.97 Å². The van der Waals surface area contributed by atoms with Gasteiger partial charge < -0.3 is 5.11 Å². The highest BCUT2D eigenvalue weighted by atomic mass is 16.4. The Morgan fingerprint density at radius 2 is 2.11 bits per heavy atom. The van der Waals surface area contributed by atoms with Crippen LogP contribution in [-0.4, -0.2) is 11.1 Å². The van der Waals surface area contributed by atoms with E-state index in [-0.39, 0.29) is 0 Å². The molecule has 0 aliphatic rings. The maximum atomic E-state index is 9.60. The van der Waals surface area contributed by atoms with Crippen LogP contribution in [0.2, 0.25) is 0 Å². The number of aliphatic carboxylic acids is 1. The predicted octanol–water partition coefficient (Wildman–Crippen LogP) is 1.40. The molecule has 0 atom stereocenters. The van der Waals surface area contributed by atoms with Crippen molar-refractivity contribution in [2.24, 2.45) is 0 Å². The second-order valence-electron chi connectivity index (χ2n) is 1.37. The largest absolute Gasteiger partial charge is 0.481 e. The van der Waals surface area contributed by atoms with Gasteiger partial charge in [0.25, 0.3) is 0 Å². The lowest BCUT2D eigenvalue weighted by Gasteiger charge is -1.79. The smallest absolute Gasteiger partial charge is 0.303 e. The quantitative estimate of drug-likeness (QED) is 0.613. The van der Waals surface area contributed by atoms with Crippen LogP contribution in [0.25, 0.3) is 0 Å². The molecule has 0 aliphatic carbocycles. The van der Waals surface area contributed by atoms with Crippen LogP contribution in [0, 0.1) is 11.3 Å². The summed E-state index contributed by atoms with van der Waals surface area (Å²) in [5, 5.41) is 15.2. The van der Waals surface area contributed by atoms with E-state index in [0.29, 0.717) is 6.42 Å². The van der Waals surface area contributed by atoms with Crippen LogP contribution >= 0.6 is 0 Å². The molecule has 0 aromatic carbocycles. The van der Waals surface area contributed by atoms with E-state index in [2.05, 4.69) is 0 Å². The molecule has 0 spiro atoms. The van der Waals surface area contributed by atoms with Crippen LogP contribution in [0.5, 0.6) is 0 Å². The fourth-order valence-electron chi connectivity index (χ4n) is 0.214. The molecule has 0 heterocycles. The average Bonchev–Trinajstić information content (AvgIpc) is 1.67. The number of hydrogen-bond acceptors (Lipinski definition) is 2. The summed E-state index contributed by atoms with van der Waals surface area (Å²) in [6.07, 6.45) is 1.02. The molecular weight excluding hydrogens is 118 g/mol. The van der Waals surface area contributed by atoms with E-state index >= 15 is 0 Å². The van der Waals surface area contributed by atoms with Crippen LogP contribution in [0.4, 0.5) is 0 Å². The zero-order valence-electron chi connectivity index (χ0n) is 5.72. The van der Waals surface area contributed by atoms with Gasteiger partial charge in [-0.1, -0.05) is 6.92 Å². The highest BCUT2D eigenvalue weighted by molar-refractivity contribution is 5.66. The third-order valence-corrected chi connectivity index (χ3v) is 0.464. The lowest BCUT2D eigenvalue weighted by molar-refractivity contribution is -0.137. The van der Waals surface area contributed by atoms with Crippen LogP contribution in [-0.2, 0) is 4.79 Å². The van der Waals surface area contributed by atoms with Gasteiger partial charge >= 0.3 is 5.97 Å². The van der Waals surface area contributed by atoms with Crippen molar-refractivity contribution in [2.75, 3.05) is 0 Å². The van der Waals surface area contributed by atoms with Gasteiger partial charge in [0, 0.05) is 13.3 Å². The summed E-state index contributed by atoms with van der Waals surface area (Å²) in [5.74, 6) is -0.711. The number of rotatable bonds is 2. The van der Waals surface area contributed by atoms with Crippen molar-refractivity contribution in [3.05, 3.63) is 0 Å². The van der Waals surface area contributed by atoms with Crippen LogP contribution in [0.3, 0.4) is 0 Å². The SMILES string of the molecule is CC#N.CCCC(=O)O. The molecule has 0 aromatic heterocycles. The molecule has 0 radical (unpaired) electrons. The van der Waals surface area contributed by atoms with Gasteiger partial charge in [0.15, 0.2) is 0 Å². The predicted molar refractivity (Wildman–Crippen MR) is 33.8 cm³/mol. The topological polar surface area (TPSA) is 61.1 Å². The molecule has 0 saturated carbocycles. The van der Waals surface area contributed by atoms with Gasteiger partial charge in [0.05, 0.1) is 6.07 Å². The highest BCUT2D eigenvalue weighted by Crippen LogP contribution is 1.82. The number of carboxylic acids is 1. The molecule has 0 unspecified atom stereocenters. The van der Waals surface area contributed by atoms with E-state index in [9.17, 15) is 4.79 Å². The highest BCUT2D eigenvalue weighted by Gasteiger charge is 1.87. The van der Waals surface area contributed by atoms with Gasteiger partial charge in [-0.25, -0.2) is 0 Å². The Hall–Kier alpha value is -1.04. The van der Waals surface area contributed by atoms with E-state index in [1.165, 1.54) is 6.92 Å². The molecule has 0 amide bonds. The maximum absolute atomic E-state index is 9.60. The van der Waals surface area contributed by atoms with Crippen molar-refractivity contribution in [1.82, 2.24) is 0 Å². The Labute approximate surface area is 54.9 Å². The Morgan fingerprint density at radius 3 is 2.11 bits per heavy atom. The van der Waals surface area contributed by atoms with Crippen LogP contribution in [0.1, 0.15) is 26.7 Å². The molecular formula is C6H11NO2. The first kappa shape index (κ1) is 10.9. The van der Waals surface area contributed by atoms with Gasteiger partial charge in [-0.05, 0) is 6.42 Å². The molecule has 1 N–H and O–H groups in total. The summed E-state index contributed by atoms with van der Waals surface area (Å²) < 4.78 is 0. The molecule has 0 aromatic rings. The first-order valence-corrected chi connectivity index (χ1v) is 2.71. The summed E-state index contributed by atoms with van der Waals surface area (Å²) in [5.41, 5.74) is 0. The Bertz CT molecular complexity index is 104. The average molecular weight is 129 g/mol. The molecule has 0 rings (SSSR count). The molecule has 0 saturated heterocycles. The van der Waals surface area contributed by atoms with Crippen molar-refractivity contribution in [1.29, 1.82) is 5.26 Å². The van der Waals surface area contributed by atoms with Gasteiger partial charge in [0.2, 0.25) is 0 Å². The normalized spacial score (nSPS) is 6.33. The summed E-state index contributed by atoms with van der Waals surface area (Å²) in [6.45, 7) is 3.27. The fourth-order valence-corrected chi connectivity index (χ4v) is 0.214. The van der Waals surface area contributed by atoms with E-state index in [1.807, 2.05) is 6.92 Å². The fraction of sp³-hybridized carbons (Fsp3) is 0.667. The molecule has 0 fully saturated rings. The zero-order chi connectivity index (χ0) is 7.70. The first-order chi connectivity index (χ1) is 4.18. The minimum atomic E-state index is -0.711. The molecule has 3 heteroatoms. The summed E-state index contributed by atoms with van der Waals surface area (Å²) in [4.78, 5) is 9.60. The second kappa shape index (κ2) is 10.0. The standard InChI is InChI=1S/C4H8O2.C2H3N/c1-2-3-4(5)6;1-2-3/h2-3H2,1H3,(H,5,6);1H3. The van der Waals surface area contributed by atoms with E-state index in [4.69, 9.17) is 10.4 Å². The minimum Gasteiger partial charge on any atom is -0.481 e. The van der Waals surface area contributed by atoms with Gasteiger partial charge in [-0.3, -0.25) is 4.79 Å². The van der Waals surface area contributed by atoms with Gasteiger partial charge in [0.1, 0.15) is 0 Å². The van der Waals surface area contributed by atoms with Crippen LogP contribution < -0.4 is 0 Å². The number of nitrogens with zero attached hydrogens (tertiary/aromatic N) is 1. The molecule has 0 aliphatic heterocycles. The lowest BCUT2D eigenvalue weighted by atomic mass is 10.4. The second-order valence-corrected chi connectivity index (χ2v) is 1.37. The van der Waals surface area contributed by atoms with Crippen molar-refractivity contribution < 1.29 is 9.90 Å². The zero-order valence-corrected chi connectivity index (χ0v) is 5.72. The summed E-state index contributed by atoms with van der Waals surface area (Å²) in [7, 11) is 0. The lowest BCUT2D eigenvalue weighted by Crippen LogP contribution is -1.90. The third kappa shape index (κ3) is 44.6. The summed E-state index contributed by atoms with van der Waals surface area (Å²) >= 11 is 0. The maximum Gasteiger partial charge on any atom is 0.303 e. The van der Waals surface area contributed by atoms with Crippen molar-refractivity contribution in [2.45, 2.75) is 26.7 Å². The molecule has 0 bridgehead atoms. The van der Waals surface area contributed by atoms with E-state index in [0.717, 1.165) is 6.42 Å². The molecule has 9 heavy (non-hydrogen) atoms. The third-order valence-electron chi connectivity index (χ3n) is 0.464. The first-order valence-electron chi connectivity index (χ1n) is 2.71. The molecule has 52 valence electrons. The Kier molecular flexibility index (Phi) is 12.1. The Morgan fingerprint density at radius 1 is 1.78 bits per heavy atom. The van der Waals surface area contributed by atoms with E-state index in [1.54, 1.807) is 6.07 Å². The Balaban J connectivity index is 0.